The number of hydrogen-bond donors (Lipinski definition) is 0. The van der Waals surface area contributed by atoms with Gasteiger partial charge in [0.15, 0.2) is 0 Å². The summed E-state index contributed by atoms with van der Waals surface area (Å²) >= 11 is 1.74. The average molecular weight is 559 g/mol. The molecule has 5 nitrogen and oxygen atoms in total. The molecule has 1 aliphatic carbocycles. The molecule has 1 atom stereocenters. The van der Waals surface area contributed by atoms with E-state index in [1.807, 2.05) is 47.4 Å². The van der Waals surface area contributed by atoms with Crippen LogP contribution in [0.1, 0.15) is 59.7 Å². The molecule has 0 spiro atoms. The first kappa shape index (κ1) is 26.2. The highest BCUT2D eigenvalue weighted by Gasteiger charge is 2.39. The van der Waals surface area contributed by atoms with E-state index in [4.69, 9.17) is 0 Å². The van der Waals surface area contributed by atoms with Gasteiger partial charge in [-0.1, -0.05) is 79.9 Å². The number of thiophene rings is 1. The van der Waals surface area contributed by atoms with Crippen LogP contribution < -0.4 is 0 Å². The molecule has 1 fully saturated rings. The molecule has 0 saturated heterocycles. The minimum absolute atomic E-state index is 0.130. The minimum Gasteiger partial charge on any atom is -0.330 e. The molecule has 202 valence electrons. The van der Waals surface area contributed by atoms with Crippen LogP contribution in [-0.4, -0.2) is 42.7 Å². The van der Waals surface area contributed by atoms with Crippen LogP contribution in [0.4, 0.5) is 0 Å². The quantitative estimate of drug-likeness (QED) is 0.264. The maximum Gasteiger partial charge on any atom is 0.244 e. The van der Waals surface area contributed by atoms with E-state index in [9.17, 15) is 13.2 Å². The number of carbonyl (C=O) groups is 1. The zero-order valence-electron chi connectivity index (χ0n) is 22.3. The average Bonchev–Trinajstić information content (AvgIpc) is 3.45. The maximum atomic E-state index is 14.4. The fraction of sp³-hybridized carbons (Fsp3) is 0.344. The molecule has 1 amide bonds. The highest BCUT2D eigenvalue weighted by Crippen LogP contribution is 2.39. The van der Waals surface area contributed by atoms with Crippen LogP contribution in [0.5, 0.6) is 0 Å². The van der Waals surface area contributed by atoms with Crippen LogP contribution in [-0.2, 0) is 21.2 Å². The lowest BCUT2D eigenvalue weighted by Gasteiger charge is -2.39. The van der Waals surface area contributed by atoms with Crippen molar-refractivity contribution in [2.75, 3.05) is 13.1 Å². The standard InChI is InChI=1S/C32H34N2O3S2/c1-23-10-5-7-15-26(23)32-28-19-21-38-29(28)18-20-33(32)31(35)22-34(25-13-3-2-4-14-25)39(36,37)30-17-9-12-24-11-6-8-16-27(24)30/h5-12,15-17,19,21,25,32H,2-4,13-14,18,20,22H2,1H3/t32-/m1/s1. The van der Waals surface area contributed by atoms with Crippen LogP contribution in [0, 0.1) is 6.92 Å². The first-order valence-corrected chi connectivity index (χ1v) is 16.2. The zero-order chi connectivity index (χ0) is 27.0. The molecule has 39 heavy (non-hydrogen) atoms. The van der Waals surface area contributed by atoms with Crippen molar-refractivity contribution in [3.63, 3.8) is 0 Å². The van der Waals surface area contributed by atoms with Crippen molar-refractivity contribution in [2.24, 2.45) is 0 Å². The Labute approximate surface area is 235 Å². The Morgan fingerprint density at radius 3 is 2.49 bits per heavy atom. The number of fused-ring (bicyclic) bond motifs is 2. The fourth-order valence-corrected chi connectivity index (χ4v) is 9.12. The monoisotopic (exact) mass is 558 g/mol. The number of rotatable bonds is 6. The van der Waals surface area contributed by atoms with Gasteiger partial charge in [-0.2, -0.15) is 4.31 Å². The molecule has 1 saturated carbocycles. The number of carbonyl (C=O) groups excluding carboxylic acids is 1. The molecule has 1 aromatic heterocycles. The number of sulfonamides is 1. The summed E-state index contributed by atoms with van der Waals surface area (Å²) in [5.74, 6) is -0.130. The summed E-state index contributed by atoms with van der Waals surface area (Å²) < 4.78 is 30.3. The van der Waals surface area contributed by atoms with Gasteiger partial charge in [0.05, 0.1) is 17.5 Å². The molecular weight excluding hydrogens is 524 g/mol. The fourth-order valence-electron chi connectivity index (χ4n) is 6.36. The minimum atomic E-state index is -3.91. The summed E-state index contributed by atoms with van der Waals surface area (Å²) in [5, 5.41) is 3.68. The van der Waals surface area contributed by atoms with Crippen molar-refractivity contribution in [1.29, 1.82) is 0 Å². The zero-order valence-corrected chi connectivity index (χ0v) is 23.9. The van der Waals surface area contributed by atoms with Crippen molar-refractivity contribution in [3.05, 3.63) is 99.7 Å². The summed E-state index contributed by atoms with van der Waals surface area (Å²) in [5.41, 5.74) is 3.40. The third-order valence-corrected chi connectivity index (χ3v) is 11.3. The molecule has 0 N–H and O–H groups in total. The highest BCUT2D eigenvalue weighted by molar-refractivity contribution is 7.89. The van der Waals surface area contributed by atoms with Gasteiger partial charge in [-0.25, -0.2) is 8.42 Å². The Bertz CT molecular complexity index is 1600. The van der Waals surface area contributed by atoms with E-state index in [1.165, 1.54) is 9.18 Å². The molecule has 1 aliphatic heterocycles. The summed E-state index contributed by atoms with van der Waals surface area (Å²) in [6, 6.07) is 23.0. The molecule has 0 bridgehead atoms. The second kappa shape index (κ2) is 10.9. The molecule has 4 aromatic rings. The second-order valence-electron chi connectivity index (χ2n) is 10.7. The topological polar surface area (TPSA) is 57.7 Å². The summed E-state index contributed by atoms with van der Waals surface area (Å²) in [4.78, 5) is 17.8. The van der Waals surface area contributed by atoms with Gasteiger partial charge in [0.2, 0.25) is 15.9 Å². The van der Waals surface area contributed by atoms with Gasteiger partial charge in [-0.05, 0) is 65.8 Å². The first-order chi connectivity index (χ1) is 18.9. The number of hydrogen-bond acceptors (Lipinski definition) is 4. The van der Waals surface area contributed by atoms with Crippen LogP contribution in [0.15, 0.2) is 83.1 Å². The summed E-state index contributed by atoms with van der Waals surface area (Å²) in [6.07, 6.45) is 5.43. The SMILES string of the molecule is Cc1ccccc1[C@@H]1c2ccsc2CCN1C(=O)CN(C1CCCCC1)S(=O)(=O)c1cccc2ccccc12. The smallest absolute Gasteiger partial charge is 0.244 e. The predicted octanol–water partition coefficient (Wildman–Crippen LogP) is 6.71. The molecule has 0 unspecified atom stereocenters. The molecule has 2 heterocycles. The Kier molecular flexibility index (Phi) is 7.31. The van der Waals surface area contributed by atoms with E-state index in [2.05, 4.69) is 30.5 Å². The van der Waals surface area contributed by atoms with E-state index in [-0.39, 0.29) is 29.4 Å². The summed E-state index contributed by atoms with van der Waals surface area (Å²) in [6.45, 7) is 2.52. The van der Waals surface area contributed by atoms with Gasteiger partial charge in [0.25, 0.3) is 0 Å². The van der Waals surface area contributed by atoms with Gasteiger partial charge in [0, 0.05) is 22.8 Å². The lowest BCUT2D eigenvalue weighted by molar-refractivity contribution is -0.134. The number of nitrogens with zero attached hydrogens (tertiary/aromatic N) is 2. The van der Waals surface area contributed by atoms with E-state index in [0.717, 1.165) is 60.6 Å². The summed E-state index contributed by atoms with van der Waals surface area (Å²) in [7, 11) is -3.91. The highest BCUT2D eigenvalue weighted by atomic mass is 32.2. The van der Waals surface area contributed by atoms with E-state index in [0.29, 0.717) is 11.9 Å². The number of benzene rings is 3. The van der Waals surface area contributed by atoms with E-state index < -0.39 is 10.0 Å². The van der Waals surface area contributed by atoms with Crippen molar-refractivity contribution >= 4 is 38.0 Å². The van der Waals surface area contributed by atoms with Gasteiger partial charge < -0.3 is 4.90 Å². The van der Waals surface area contributed by atoms with Crippen molar-refractivity contribution in [1.82, 2.24) is 9.21 Å². The van der Waals surface area contributed by atoms with Crippen LogP contribution >= 0.6 is 11.3 Å². The number of aryl methyl sites for hydroxylation is 1. The lowest BCUT2D eigenvalue weighted by atomic mass is 9.90. The largest absolute Gasteiger partial charge is 0.330 e. The van der Waals surface area contributed by atoms with Crippen molar-refractivity contribution in [2.45, 2.75) is 62.4 Å². The van der Waals surface area contributed by atoms with E-state index in [1.54, 1.807) is 23.5 Å². The molecule has 6 rings (SSSR count). The molecule has 3 aromatic carbocycles. The van der Waals surface area contributed by atoms with Gasteiger partial charge in [-0.3, -0.25) is 4.79 Å². The van der Waals surface area contributed by atoms with Crippen LogP contribution in [0.3, 0.4) is 0 Å². The molecule has 2 aliphatic rings. The molecule has 7 heteroatoms. The van der Waals surface area contributed by atoms with E-state index >= 15 is 0 Å². The van der Waals surface area contributed by atoms with Crippen molar-refractivity contribution < 1.29 is 13.2 Å². The predicted molar refractivity (Wildman–Crippen MR) is 157 cm³/mol. The second-order valence-corrected chi connectivity index (χ2v) is 13.6. The van der Waals surface area contributed by atoms with Gasteiger partial charge in [-0.15, -0.1) is 11.3 Å². The third-order valence-electron chi connectivity index (χ3n) is 8.38. The Hall–Kier alpha value is -3.00. The molecular formula is C32H34N2O3S2. The Balaban J connectivity index is 1.39. The number of amides is 1. The first-order valence-electron chi connectivity index (χ1n) is 13.9. The third kappa shape index (κ3) is 4.92. The van der Waals surface area contributed by atoms with Crippen LogP contribution in [0.2, 0.25) is 0 Å². The Morgan fingerprint density at radius 1 is 0.923 bits per heavy atom. The van der Waals surface area contributed by atoms with Crippen LogP contribution in [0.25, 0.3) is 10.8 Å². The Morgan fingerprint density at radius 2 is 1.67 bits per heavy atom. The normalized spacial score (nSPS) is 18.4. The van der Waals surface area contributed by atoms with Gasteiger partial charge in [0.1, 0.15) is 0 Å². The van der Waals surface area contributed by atoms with Crippen molar-refractivity contribution in [3.8, 4) is 0 Å². The lowest BCUT2D eigenvalue weighted by Crippen LogP contribution is -2.50. The maximum absolute atomic E-state index is 14.4. The van der Waals surface area contributed by atoms with Gasteiger partial charge >= 0.3 is 0 Å². The molecule has 0 radical (unpaired) electrons.